The van der Waals surface area contributed by atoms with Crippen LogP contribution < -0.4 is 16.2 Å². The van der Waals surface area contributed by atoms with Gasteiger partial charge in [-0.25, -0.2) is 4.79 Å². The minimum Gasteiger partial charge on any atom is -0.331 e. The Bertz CT molecular complexity index is 695. The Morgan fingerprint density at radius 3 is 2.52 bits per heavy atom. The van der Waals surface area contributed by atoms with Crippen LogP contribution in [-0.2, 0) is 6.54 Å². The fraction of sp³-hybridized carbons (Fsp3) is 0.333. The highest BCUT2D eigenvalue weighted by Crippen LogP contribution is 2.18. The first kappa shape index (κ1) is 16.8. The van der Waals surface area contributed by atoms with E-state index in [2.05, 4.69) is 17.6 Å². The van der Waals surface area contributed by atoms with Crippen LogP contribution in [0.5, 0.6) is 0 Å². The van der Waals surface area contributed by atoms with Crippen molar-refractivity contribution >= 4 is 11.7 Å². The molecule has 0 saturated heterocycles. The molecule has 0 bridgehead atoms. The number of amides is 2. The molecular weight excluding hydrogens is 290 g/mol. The maximum absolute atomic E-state index is 12.2. The van der Waals surface area contributed by atoms with E-state index in [4.69, 9.17) is 0 Å². The number of aryl methyl sites for hydroxylation is 1. The molecule has 5 nitrogen and oxygen atoms in total. The number of aromatic nitrogens is 1. The minimum atomic E-state index is -0.270. The van der Waals surface area contributed by atoms with Gasteiger partial charge in [0.05, 0.1) is 11.7 Å². The molecule has 0 aliphatic rings. The Balaban J connectivity index is 2.06. The second kappa shape index (κ2) is 8.17. The van der Waals surface area contributed by atoms with Crippen molar-refractivity contribution in [1.29, 1.82) is 0 Å². The third-order valence-corrected chi connectivity index (χ3v) is 3.67. The number of rotatable bonds is 6. The molecule has 1 atom stereocenters. The molecule has 0 aliphatic heterocycles. The third-order valence-electron chi connectivity index (χ3n) is 3.67. The van der Waals surface area contributed by atoms with E-state index in [1.807, 2.05) is 37.3 Å². The Kier molecular flexibility index (Phi) is 5.97. The molecule has 1 aromatic carbocycles. The van der Waals surface area contributed by atoms with Gasteiger partial charge in [-0.15, -0.1) is 0 Å². The first-order chi connectivity index (χ1) is 11.1. The van der Waals surface area contributed by atoms with E-state index in [1.165, 1.54) is 6.07 Å². The van der Waals surface area contributed by atoms with Crippen molar-refractivity contribution in [3.05, 3.63) is 64.6 Å². The zero-order valence-corrected chi connectivity index (χ0v) is 13.6. The van der Waals surface area contributed by atoms with Gasteiger partial charge < -0.3 is 15.2 Å². The molecule has 5 heteroatoms. The molecule has 0 aliphatic carbocycles. The molecule has 1 unspecified atom stereocenters. The number of benzene rings is 1. The van der Waals surface area contributed by atoms with Crippen LogP contribution in [0.15, 0.2) is 53.5 Å². The van der Waals surface area contributed by atoms with E-state index < -0.39 is 0 Å². The van der Waals surface area contributed by atoms with Gasteiger partial charge in [0.2, 0.25) is 0 Å². The highest BCUT2D eigenvalue weighted by molar-refractivity contribution is 5.89. The molecule has 1 aromatic heterocycles. The number of hydrogen-bond donors (Lipinski definition) is 2. The lowest BCUT2D eigenvalue weighted by Gasteiger charge is -2.19. The normalized spacial score (nSPS) is 11.7. The highest BCUT2D eigenvalue weighted by Gasteiger charge is 2.13. The fourth-order valence-electron chi connectivity index (χ4n) is 2.47. The highest BCUT2D eigenvalue weighted by atomic mass is 16.2. The first-order valence-electron chi connectivity index (χ1n) is 7.97. The molecule has 23 heavy (non-hydrogen) atoms. The molecule has 0 spiro atoms. The molecular formula is C18H23N3O2. The number of carbonyl (C=O) groups is 1. The SMILES string of the molecule is CCCC(NC(=O)Nc1ccc(=O)n(CC)c1)c1ccccc1. The standard InChI is InChI=1S/C18H23N3O2/c1-3-8-16(14-9-6-5-7-10-14)20-18(23)19-15-11-12-17(22)21(4-2)13-15/h5-7,9-13,16H,3-4,8H2,1-2H3,(H2,19,20,23). The molecule has 2 rings (SSSR count). The van der Waals surface area contributed by atoms with Gasteiger partial charge >= 0.3 is 6.03 Å². The molecule has 2 N–H and O–H groups in total. The Morgan fingerprint density at radius 2 is 1.87 bits per heavy atom. The summed E-state index contributed by atoms with van der Waals surface area (Å²) in [5, 5.41) is 5.79. The summed E-state index contributed by atoms with van der Waals surface area (Å²) in [5.74, 6) is 0. The average molecular weight is 313 g/mol. The quantitative estimate of drug-likeness (QED) is 0.857. The number of pyridine rings is 1. The van der Waals surface area contributed by atoms with Crippen molar-refractivity contribution in [1.82, 2.24) is 9.88 Å². The zero-order valence-electron chi connectivity index (χ0n) is 13.6. The van der Waals surface area contributed by atoms with Gasteiger partial charge in [-0.1, -0.05) is 43.7 Å². The summed E-state index contributed by atoms with van der Waals surface area (Å²) < 4.78 is 1.55. The maximum atomic E-state index is 12.2. The largest absolute Gasteiger partial charge is 0.331 e. The third kappa shape index (κ3) is 4.71. The summed E-state index contributed by atoms with van der Waals surface area (Å²) in [5.41, 5.74) is 1.61. The molecule has 0 fully saturated rings. The fourth-order valence-corrected chi connectivity index (χ4v) is 2.47. The van der Waals surface area contributed by atoms with Crippen LogP contribution in [0.4, 0.5) is 10.5 Å². The second-order valence-corrected chi connectivity index (χ2v) is 5.39. The summed E-state index contributed by atoms with van der Waals surface area (Å²) >= 11 is 0. The molecule has 2 aromatic rings. The Morgan fingerprint density at radius 1 is 1.13 bits per heavy atom. The van der Waals surface area contributed by atoms with Crippen LogP contribution >= 0.6 is 0 Å². The maximum Gasteiger partial charge on any atom is 0.319 e. The van der Waals surface area contributed by atoms with E-state index >= 15 is 0 Å². The van der Waals surface area contributed by atoms with Gasteiger partial charge in [0.15, 0.2) is 0 Å². The average Bonchev–Trinajstić information content (AvgIpc) is 2.57. The molecule has 2 amide bonds. The van der Waals surface area contributed by atoms with Gasteiger partial charge in [0.1, 0.15) is 0 Å². The smallest absolute Gasteiger partial charge is 0.319 e. The van der Waals surface area contributed by atoms with Crippen molar-refractivity contribution in [2.45, 2.75) is 39.3 Å². The van der Waals surface area contributed by atoms with E-state index in [1.54, 1.807) is 16.8 Å². The van der Waals surface area contributed by atoms with Gasteiger partial charge in [-0.3, -0.25) is 4.79 Å². The van der Waals surface area contributed by atoms with Crippen LogP contribution in [0.3, 0.4) is 0 Å². The van der Waals surface area contributed by atoms with Crippen LogP contribution in [0.2, 0.25) is 0 Å². The number of nitrogens with one attached hydrogen (secondary N) is 2. The molecule has 0 radical (unpaired) electrons. The summed E-state index contributed by atoms with van der Waals surface area (Å²) in [6.45, 7) is 4.54. The predicted molar refractivity (Wildman–Crippen MR) is 92.6 cm³/mol. The van der Waals surface area contributed by atoms with Crippen molar-refractivity contribution in [2.75, 3.05) is 5.32 Å². The Hall–Kier alpha value is -2.56. The van der Waals surface area contributed by atoms with E-state index in [0.717, 1.165) is 18.4 Å². The van der Waals surface area contributed by atoms with Gasteiger partial charge in [0.25, 0.3) is 5.56 Å². The summed E-state index contributed by atoms with van der Waals surface area (Å²) in [7, 11) is 0. The molecule has 1 heterocycles. The minimum absolute atomic E-state index is 0.0294. The number of hydrogen-bond acceptors (Lipinski definition) is 2. The van der Waals surface area contributed by atoms with Crippen molar-refractivity contribution in [3.8, 4) is 0 Å². The Labute approximate surface area is 136 Å². The summed E-state index contributed by atoms with van der Waals surface area (Å²) in [6, 6.07) is 12.7. The molecule has 122 valence electrons. The summed E-state index contributed by atoms with van der Waals surface area (Å²) in [6.07, 6.45) is 3.49. The molecule has 0 saturated carbocycles. The summed E-state index contributed by atoms with van der Waals surface area (Å²) in [4.78, 5) is 23.8. The lowest BCUT2D eigenvalue weighted by molar-refractivity contribution is 0.247. The number of carbonyl (C=O) groups excluding carboxylic acids is 1. The number of anilines is 1. The number of urea groups is 1. The monoisotopic (exact) mass is 313 g/mol. The lowest BCUT2D eigenvalue weighted by Crippen LogP contribution is -2.33. The second-order valence-electron chi connectivity index (χ2n) is 5.39. The van der Waals surface area contributed by atoms with Gasteiger partial charge in [-0.05, 0) is 25.0 Å². The van der Waals surface area contributed by atoms with Crippen LogP contribution in [0.25, 0.3) is 0 Å². The van der Waals surface area contributed by atoms with E-state index in [9.17, 15) is 9.59 Å². The van der Waals surface area contributed by atoms with Gasteiger partial charge in [-0.2, -0.15) is 0 Å². The van der Waals surface area contributed by atoms with E-state index in [-0.39, 0.29) is 17.6 Å². The lowest BCUT2D eigenvalue weighted by atomic mass is 10.0. The van der Waals surface area contributed by atoms with Crippen molar-refractivity contribution < 1.29 is 4.79 Å². The van der Waals surface area contributed by atoms with Crippen LogP contribution in [0, 0.1) is 0 Å². The van der Waals surface area contributed by atoms with Crippen molar-refractivity contribution in [3.63, 3.8) is 0 Å². The van der Waals surface area contributed by atoms with Crippen LogP contribution in [0.1, 0.15) is 38.3 Å². The van der Waals surface area contributed by atoms with E-state index in [0.29, 0.717) is 12.2 Å². The number of nitrogens with zero attached hydrogens (tertiary/aromatic N) is 1. The first-order valence-corrected chi connectivity index (χ1v) is 7.97. The van der Waals surface area contributed by atoms with Crippen LogP contribution in [-0.4, -0.2) is 10.6 Å². The zero-order chi connectivity index (χ0) is 16.7. The topological polar surface area (TPSA) is 63.1 Å². The van der Waals surface area contributed by atoms with Crippen molar-refractivity contribution in [2.24, 2.45) is 0 Å². The van der Waals surface area contributed by atoms with Gasteiger partial charge in [0, 0.05) is 18.8 Å². The predicted octanol–water partition coefficient (Wildman–Crippen LogP) is 3.53.